The molecule has 16 heavy (non-hydrogen) atoms. The molecule has 0 heterocycles. The molecule has 0 heteroatoms. The molecule has 0 atom stereocenters. The van der Waals surface area contributed by atoms with Crippen LogP contribution in [0.1, 0.15) is 92.4 Å². The van der Waals surface area contributed by atoms with E-state index in [9.17, 15) is 0 Å². The fraction of sp³-hybridized carbons (Fsp3) is 1.00. The summed E-state index contributed by atoms with van der Waals surface area (Å²) < 4.78 is 0. The van der Waals surface area contributed by atoms with Crippen LogP contribution >= 0.6 is 0 Å². The summed E-state index contributed by atoms with van der Waals surface area (Å²) in [6, 6.07) is 0. The molecular weight excluding hydrogens is 192 g/mol. The molecule has 0 bridgehead atoms. The van der Waals surface area contributed by atoms with Gasteiger partial charge in [0.1, 0.15) is 0 Å². The molecule has 0 aromatic carbocycles. The summed E-state index contributed by atoms with van der Waals surface area (Å²) in [5.41, 5.74) is 0.837. The molecule has 2 aliphatic carbocycles. The van der Waals surface area contributed by atoms with Gasteiger partial charge in [0.25, 0.3) is 0 Å². The predicted octanol–water partition coefficient (Wildman–Crippen LogP) is 6.20. The van der Waals surface area contributed by atoms with Crippen LogP contribution in [0, 0.1) is 11.3 Å². The third-order valence-electron chi connectivity index (χ3n) is 4.66. The van der Waals surface area contributed by atoms with E-state index in [-0.39, 0.29) is 7.43 Å². The normalized spacial score (nSPS) is 24.2. The molecule has 0 aromatic heterocycles. The summed E-state index contributed by atoms with van der Waals surface area (Å²) in [5.74, 6) is 1.08. The second-order valence-electron chi connectivity index (χ2n) is 5.41. The monoisotopic (exact) mass is 226 g/mol. The van der Waals surface area contributed by atoms with Gasteiger partial charge in [0.15, 0.2) is 0 Å². The minimum absolute atomic E-state index is 0. The quantitative estimate of drug-likeness (QED) is 0.499. The Bertz CT molecular complexity index is 143. The van der Waals surface area contributed by atoms with Crippen molar-refractivity contribution in [2.75, 3.05) is 0 Å². The van der Waals surface area contributed by atoms with Crippen molar-refractivity contribution in [3.63, 3.8) is 0 Å². The zero-order valence-electron chi connectivity index (χ0n) is 11.1. The second-order valence-corrected chi connectivity index (χ2v) is 5.41. The van der Waals surface area contributed by atoms with Crippen LogP contribution in [0.5, 0.6) is 0 Å². The van der Waals surface area contributed by atoms with Crippen LogP contribution in [0.25, 0.3) is 0 Å². The van der Waals surface area contributed by atoms with Crippen molar-refractivity contribution in [3.05, 3.63) is 0 Å². The van der Waals surface area contributed by atoms with Crippen molar-refractivity contribution >= 4 is 0 Å². The highest BCUT2D eigenvalue weighted by Crippen LogP contribution is 2.49. The van der Waals surface area contributed by atoms with Crippen molar-refractivity contribution in [3.8, 4) is 0 Å². The first kappa shape index (κ1) is 16.0. The van der Waals surface area contributed by atoms with Gasteiger partial charge in [-0.05, 0) is 49.9 Å². The Morgan fingerprint density at radius 1 is 0.875 bits per heavy atom. The van der Waals surface area contributed by atoms with Gasteiger partial charge >= 0.3 is 0 Å². The molecule has 0 saturated heterocycles. The molecule has 2 saturated carbocycles. The lowest BCUT2D eigenvalue weighted by Gasteiger charge is -2.43. The van der Waals surface area contributed by atoms with Crippen LogP contribution < -0.4 is 0 Å². The van der Waals surface area contributed by atoms with Gasteiger partial charge in [0.2, 0.25) is 0 Å². The molecular formula is C16H34. The Labute approximate surface area is 104 Å². The lowest BCUT2D eigenvalue weighted by molar-refractivity contribution is 0.0959. The maximum absolute atomic E-state index is 2.36. The van der Waals surface area contributed by atoms with Crippen molar-refractivity contribution in [1.82, 2.24) is 0 Å². The molecule has 0 N–H and O–H groups in total. The molecule has 0 aliphatic heterocycles. The smallest absolute Gasteiger partial charge is 0.0297 e. The maximum atomic E-state index is 2.36. The Balaban J connectivity index is 0.000000711. The Kier molecular flexibility index (Phi) is 8.14. The van der Waals surface area contributed by atoms with Crippen molar-refractivity contribution in [2.45, 2.75) is 92.4 Å². The zero-order valence-corrected chi connectivity index (χ0v) is 11.1. The first-order valence-electron chi connectivity index (χ1n) is 7.35. The first-order chi connectivity index (χ1) is 7.35. The Hall–Kier alpha value is 0. The van der Waals surface area contributed by atoms with Gasteiger partial charge in [-0.15, -0.1) is 0 Å². The topological polar surface area (TPSA) is 0 Å². The van der Waals surface area contributed by atoms with Gasteiger partial charge in [0, 0.05) is 0 Å². The Morgan fingerprint density at radius 2 is 1.38 bits per heavy atom. The number of hydrogen-bond acceptors (Lipinski definition) is 0. The average Bonchev–Trinajstić information content (AvgIpc) is 2.34. The van der Waals surface area contributed by atoms with E-state index in [1.807, 2.05) is 13.8 Å². The van der Waals surface area contributed by atoms with Crippen LogP contribution in [0.4, 0.5) is 0 Å². The number of rotatable bonds is 1. The van der Waals surface area contributed by atoms with E-state index in [1.165, 1.54) is 38.5 Å². The molecule has 0 radical (unpaired) electrons. The average molecular weight is 226 g/mol. The van der Waals surface area contributed by atoms with Gasteiger partial charge in [-0.25, -0.2) is 0 Å². The highest BCUT2D eigenvalue weighted by molar-refractivity contribution is 4.87. The van der Waals surface area contributed by atoms with Crippen LogP contribution in [-0.4, -0.2) is 0 Å². The second kappa shape index (κ2) is 8.14. The molecule has 0 aromatic rings. The summed E-state index contributed by atoms with van der Waals surface area (Å²) in [7, 11) is 0. The van der Waals surface area contributed by atoms with Gasteiger partial charge in [0.05, 0.1) is 0 Å². The summed E-state index contributed by atoms with van der Waals surface area (Å²) in [6.07, 6.45) is 15.3. The highest BCUT2D eigenvalue weighted by Gasteiger charge is 2.35. The molecule has 0 nitrogen and oxygen atoms in total. The zero-order chi connectivity index (χ0) is 11.1. The van der Waals surface area contributed by atoms with E-state index in [2.05, 4.69) is 6.92 Å². The van der Waals surface area contributed by atoms with Crippen LogP contribution in [0.2, 0.25) is 0 Å². The van der Waals surface area contributed by atoms with Crippen molar-refractivity contribution in [2.24, 2.45) is 11.3 Å². The van der Waals surface area contributed by atoms with E-state index in [0.717, 1.165) is 11.3 Å². The molecule has 0 unspecified atom stereocenters. The van der Waals surface area contributed by atoms with E-state index < -0.39 is 0 Å². The fourth-order valence-corrected chi connectivity index (χ4v) is 3.50. The first-order valence-corrected chi connectivity index (χ1v) is 7.35. The van der Waals surface area contributed by atoms with Gasteiger partial charge in [-0.2, -0.15) is 0 Å². The highest BCUT2D eigenvalue weighted by atomic mass is 14.4. The largest absolute Gasteiger partial charge is 0.0776 e. The Morgan fingerprint density at radius 3 is 1.81 bits per heavy atom. The van der Waals surface area contributed by atoms with Gasteiger partial charge in [-0.1, -0.05) is 53.9 Å². The van der Waals surface area contributed by atoms with Crippen LogP contribution in [0.15, 0.2) is 0 Å². The summed E-state index contributed by atoms with van der Waals surface area (Å²) >= 11 is 0. The third-order valence-corrected chi connectivity index (χ3v) is 4.66. The molecule has 0 amide bonds. The summed E-state index contributed by atoms with van der Waals surface area (Å²) in [5, 5.41) is 0. The molecule has 2 fully saturated rings. The minimum Gasteiger partial charge on any atom is -0.0776 e. The summed E-state index contributed by atoms with van der Waals surface area (Å²) in [6.45, 7) is 6.36. The molecule has 98 valence electrons. The molecule has 1 spiro atoms. The van der Waals surface area contributed by atoms with Crippen molar-refractivity contribution < 1.29 is 0 Å². The lowest BCUT2D eigenvalue weighted by atomic mass is 9.63. The number of hydrogen-bond donors (Lipinski definition) is 0. The van der Waals surface area contributed by atoms with E-state index >= 15 is 0 Å². The lowest BCUT2D eigenvalue weighted by Crippen LogP contribution is -2.29. The minimum atomic E-state index is 0. The SMILES string of the molecule is C.CC.CCC1CCC2(CCCCC2)CC1. The molecule has 2 aliphatic rings. The van der Waals surface area contributed by atoms with Crippen LogP contribution in [0.3, 0.4) is 0 Å². The van der Waals surface area contributed by atoms with Crippen molar-refractivity contribution in [1.29, 1.82) is 0 Å². The predicted molar refractivity (Wildman–Crippen MR) is 75.8 cm³/mol. The van der Waals surface area contributed by atoms with Gasteiger partial charge in [-0.3, -0.25) is 0 Å². The molecule has 2 rings (SSSR count). The van der Waals surface area contributed by atoms with E-state index in [0.29, 0.717) is 0 Å². The third kappa shape index (κ3) is 4.11. The van der Waals surface area contributed by atoms with E-state index in [1.54, 1.807) is 25.7 Å². The summed E-state index contributed by atoms with van der Waals surface area (Å²) in [4.78, 5) is 0. The standard InChI is InChI=1S/C13H24.C2H6.CH4/c1-2-12-6-10-13(11-7-12)8-4-3-5-9-13;1-2;/h12H,2-11H2,1H3;1-2H3;1H4. The van der Waals surface area contributed by atoms with E-state index in [4.69, 9.17) is 0 Å². The van der Waals surface area contributed by atoms with Gasteiger partial charge < -0.3 is 0 Å². The fourth-order valence-electron chi connectivity index (χ4n) is 3.50. The van der Waals surface area contributed by atoms with Crippen LogP contribution in [-0.2, 0) is 0 Å². The maximum Gasteiger partial charge on any atom is -0.0297 e.